The summed E-state index contributed by atoms with van der Waals surface area (Å²) in [7, 11) is 0. The number of imidazole rings is 1. The molecule has 56 valence electrons. The molecule has 2 aromatic heterocycles. The first-order chi connectivity index (χ1) is 5.40. The van der Waals surface area contributed by atoms with Crippen LogP contribution in [0.15, 0.2) is 31.4 Å². The molecule has 2 heterocycles. The molecular weight excluding hydrogens is 156 g/mol. The summed E-state index contributed by atoms with van der Waals surface area (Å²) in [4.78, 5) is 6.54. The lowest BCUT2D eigenvalue weighted by Crippen LogP contribution is -1.73. The van der Waals surface area contributed by atoms with Crippen LogP contribution in [-0.4, -0.2) is 9.38 Å². The van der Waals surface area contributed by atoms with Crippen LogP contribution in [0.5, 0.6) is 0 Å². The average molecular weight is 164 g/mol. The molecule has 0 spiro atoms. The standard InChI is InChI=1S/C8H8N2S/c1-2-3-7-5-10-6-9-4-8(10)11-7/h2,4-6H,1,3H2. The molecule has 2 nitrogen and oxygen atoms in total. The van der Waals surface area contributed by atoms with Crippen LogP contribution in [0.2, 0.25) is 0 Å². The molecule has 2 rings (SSSR count). The van der Waals surface area contributed by atoms with E-state index in [4.69, 9.17) is 0 Å². The van der Waals surface area contributed by atoms with Crippen LogP contribution in [0.25, 0.3) is 4.83 Å². The summed E-state index contributed by atoms with van der Waals surface area (Å²) >= 11 is 1.76. The van der Waals surface area contributed by atoms with Gasteiger partial charge in [-0.05, 0) is 0 Å². The molecule has 2 aromatic rings. The van der Waals surface area contributed by atoms with E-state index < -0.39 is 0 Å². The minimum atomic E-state index is 0.951. The van der Waals surface area contributed by atoms with E-state index in [2.05, 4.69) is 17.8 Å². The molecule has 0 saturated carbocycles. The number of hydrogen-bond acceptors (Lipinski definition) is 2. The number of allylic oxidation sites excluding steroid dienone is 1. The maximum atomic E-state index is 4.01. The van der Waals surface area contributed by atoms with Gasteiger partial charge in [0.25, 0.3) is 0 Å². The molecule has 0 aromatic carbocycles. The highest BCUT2D eigenvalue weighted by molar-refractivity contribution is 7.17. The number of thiazole rings is 1. The first-order valence-electron chi connectivity index (χ1n) is 3.41. The van der Waals surface area contributed by atoms with Crippen LogP contribution >= 0.6 is 11.3 Å². The minimum Gasteiger partial charge on any atom is -0.297 e. The van der Waals surface area contributed by atoms with Crippen molar-refractivity contribution in [2.24, 2.45) is 0 Å². The quantitative estimate of drug-likeness (QED) is 0.621. The van der Waals surface area contributed by atoms with Crippen LogP contribution in [0.4, 0.5) is 0 Å². The third kappa shape index (κ3) is 1.07. The molecule has 0 unspecified atom stereocenters. The summed E-state index contributed by atoms with van der Waals surface area (Å²) in [5.74, 6) is 0. The highest BCUT2D eigenvalue weighted by Crippen LogP contribution is 2.17. The van der Waals surface area contributed by atoms with Gasteiger partial charge in [0.2, 0.25) is 0 Å². The van der Waals surface area contributed by atoms with Crippen molar-refractivity contribution in [3.8, 4) is 0 Å². The van der Waals surface area contributed by atoms with Gasteiger partial charge in [0, 0.05) is 17.5 Å². The molecule has 0 amide bonds. The van der Waals surface area contributed by atoms with Crippen molar-refractivity contribution >= 4 is 16.2 Å². The summed E-state index contributed by atoms with van der Waals surface area (Å²) in [6.45, 7) is 3.69. The predicted octanol–water partition coefficient (Wildman–Crippen LogP) is 2.12. The van der Waals surface area contributed by atoms with E-state index >= 15 is 0 Å². The van der Waals surface area contributed by atoms with Gasteiger partial charge in [0.15, 0.2) is 0 Å². The van der Waals surface area contributed by atoms with Gasteiger partial charge >= 0.3 is 0 Å². The first kappa shape index (κ1) is 6.61. The second-order valence-electron chi connectivity index (χ2n) is 2.33. The molecule has 0 saturated heterocycles. The molecule has 0 aliphatic heterocycles. The second kappa shape index (κ2) is 2.51. The Morgan fingerprint density at radius 1 is 1.73 bits per heavy atom. The normalized spacial score (nSPS) is 10.5. The molecular formula is C8H8N2S. The summed E-state index contributed by atoms with van der Waals surface area (Å²) in [6.07, 6.45) is 8.65. The zero-order chi connectivity index (χ0) is 7.68. The Morgan fingerprint density at radius 2 is 2.64 bits per heavy atom. The Hall–Kier alpha value is -1.09. The summed E-state index contributed by atoms with van der Waals surface area (Å²) < 4.78 is 2.03. The molecule has 0 radical (unpaired) electrons. The predicted molar refractivity (Wildman–Crippen MR) is 47.0 cm³/mol. The lowest BCUT2D eigenvalue weighted by Gasteiger charge is -1.82. The number of fused-ring (bicyclic) bond motifs is 1. The van der Waals surface area contributed by atoms with Crippen LogP contribution < -0.4 is 0 Å². The first-order valence-corrected chi connectivity index (χ1v) is 4.23. The number of rotatable bonds is 2. The third-order valence-corrected chi connectivity index (χ3v) is 2.55. The van der Waals surface area contributed by atoms with Gasteiger partial charge in [-0.2, -0.15) is 0 Å². The highest BCUT2D eigenvalue weighted by Gasteiger charge is 1.98. The van der Waals surface area contributed by atoms with Gasteiger partial charge < -0.3 is 0 Å². The van der Waals surface area contributed by atoms with Crippen molar-refractivity contribution in [1.82, 2.24) is 9.38 Å². The van der Waals surface area contributed by atoms with Gasteiger partial charge in [-0.15, -0.1) is 17.9 Å². The van der Waals surface area contributed by atoms with Crippen LogP contribution in [0, 0.1) is 0 Å². The van der Waals surface area contributed by atoms with Crippen molar-refractivity contribution < 1.29 is 0 Å². The van der Waals surface area contributed by atoms with E-state index in [1.807, 2.05) is 23.0 Å². The molecule has 0 N–H and O–H groups in total. The Morgan fingerprint density at radius 3 is 3.36 bits per heavy atom. The Kier molecular flexibility index (Phi) is 1.51. The molecule has 0 atom stereocenters. The topological polar surface area (TPSA) is 17.3 Å². The van der Waals surface area contributed by atoms with Gasteiger partial charge in [0.05, 0.1) is 12.5 Å². The fourth-order valence-corrected chi connectivity index (χ4v) is 1.98. The molecule has 3 heteroatoms. The van der Waals surface area contributed by atoms with E-state index in [1.54, 1.807) is 11.3 Å². The summed E-state index contributed by atoms with van der Waals surface area (Å²) in [5, 5.41) is 0. The highest BCUT2D eigenvalue weighted by atomic mass is 32.1. The Bertz CT molecular complexity index is 343. The van der Waals surface area contributed by atoms with Gasteiger partial charge in [0.1, 0.15) is 4.83 Å². The van der Waals surface area contributed by atoms with Gasteiger partial charge in [-0.25, -0.2) is 4.98 Å². The molecule has 0 aliphatic rings. The van der Waals surface area contributed by atoms with Crippen molar-refractivity contribution in [3.05, 3.63) is 36.3 Å². The minimum absolute atomic E-state index is 0.951. The van der Waals surface area contributed by atoms with Gasteiger partial charge in [-0.1, -0.05) is 6.08 Å². The van der Waals surface area contributed by atoms with Crippen LogP contribution in [0.1, 0.15) is 4.88 Å². The monoisotopic (exact) mass is 164 g/mol. The number of aromatic nitrogens is 2. The van der Waals surface area contributed by atoms with Crippen molar-refractivity contribution in [2.75, 3.05) is 0 Å². The van der Waals surface area contributed by atoms with E-state index in [-0.39, 0.29) is 0 Å². The van der Waals surface area contributed by atoms with E-state index in [0.29, 0.717) is 0 Å². The lowest BCUT2D eigenvalue weighted by atomic mass is 10.4. The molecule has 0 bridgehead atoms. The lowest BCUT2D eigenvalue weighted by molar-refractivity contribution is 1.15. The van der Waals surface area contributed by atoms with E-state index in [1.165, 1.54) is 9.71 Å². The van der Waals surface area contributed by atoms with Gasteiger partial charge in [-0.3, -0.25) is 4.40 Å². The third-order valence-electron chi connectivity index (χ3n) is 1.49. The fourth-order valence-electron chi connectivity index (χ4n) is 1.02. The maximum absolute atomic E-state index is 4.01. The number of nitrogens with zero attached hydrogens (tertiary/aromatic N) is 2. The van der Waals surface area contributed by atoms with Crippen molar-refractivity contribution in [2.45, 2.75) is 6.42 Å². The van der Waals surface area contributed by atoms with E-state index in [0.717, 1.165) is 6.42 Å². The second-order valence-corrected chi connectivity index (χ2v) is 3.48. The summed E-state index contributed by atoms with van der Waals surface area (Å²) in [6, 6.07) is 0. The smallest absolute Gasteiger partial charge is 0.119 e. The fraction of sp³-hybridized carbons (Fsp3) is 0.125. The SMILES string of the molecule is C=CCc1cn2cncc2s1. The molecule has 0 fully saturated rings. The van der Waals surface area contributed by atoms with Crippen LogP contribution in [-0.2, 0) is 6.42 Å². The van der Waals surface area contributed by atoms with E-state index in [9.17, 15) is 0 Å². The maximum Gasteiger partial charge on any atom is 0.119 e. The van der Waals surface area contributed by atoms with Crippen molar-refractivity contribution in [1.29, 1.82) is 0 Å². The zero-order valence-electron chi connectivity index (χ0n) is 6.03. The van der Waals surface area contributed by atoms with Crippen molar-refractivity contribution in [3.63, 3.8) is 0 Å². The number of hydrogen-bond donors (Lipinski definition) is 0. The Balaban J connectivity index is 2.49. The zero-order valence-corrected chi connectivity index (χ0v) is 6.84. The summed E-state index contributed by atoms with van der Waals surface area (Å²) in [5.41, 5.74) is 0. The molecule has 11 heavy (non-hydrogen) atoms. The largest absolute Gasteiger partial charge is 0.297 e. The van der Waals surface area contributed by atoms with Crippen LogP contribution in [0.3, 0.4) is 0 Å². The molecule has 0 aliphatic carbocycles. The Labute approximate surface area is 68.8 Å². The average Bonchev–Trinajstić information content (AvgIpc) is 2.46.